The fourth-order valence-electron chi connectivity index (χ4n) is 17.2. The molecule has 21 aromatic rings. The van der Waals surface area contributed by atoms with Crippen LogP contribution < -0.4 is 0 Å². The first-order valence-electron chi connectivity index (χ1n) is 34.6. The average molecular weight is 1340 g/mol. The number of para-hydroxylation sites is 8. The number of nitrogens with zero attached hydrogens (tertiary/aromatic N) is 8. The molecule has 0 saturated heterocycles. The number of fused-ring (bicyclic) bond motifs is 18. The van der Waals surface area contributed by atoms with Gasteiger partial charge < -0.3 is 27.4 Å². The average Bonchev–Trinajstić information content (AvgIpc) is 1.54. The maximum atomic E-state index is 15.8. The fourth-order valence-corrected chi connectivity index (χ4v) is 17.2. The van der Waals surface area contributed by atoms with Crippen LogP contribution in [0.15, 0.2) is 322 Å². The number of hydrogen-bond donors (Lipinski definition) is 0. The minimum Gasteiger partial charge on any atom is -0.309 e. The van der Waals surface area contributed by atoms with E-state index in [2.05, 4.69) is 300 Å². The van der Waals surface area contributed by atoms with E-state index in [4.69, 9.17) is 0 Å². The molecule has 0 aliphatic carbocycles. The van der Waals surface area contributed by atoms with Gasteiger partial charge in [-0.2, -0.15) is 23.7 Å². The number of hydrogen-bond acceptors (Lipinski definition) is 2. The molecule has 0 spiro atoms. The molecule has 0 N–H and O–H groups in total. The Morgan fingerprint density at radius 2 is 0.558 bits per heavy atom. The van der Waals surface area contributed by atoms with Crippen molar-refractivity contribution in [1.29, 1.82) is 10.5 Å². The lowest BCUT2D eigenvalue weighted by Gasteiger charge is -2.22. The van der Waals surface area contributed by atoms with Crippen molar-refractivity contribution < 1.29 is 13.2 Å². The van der Waals surface area contributed by atoms with Gasteiger partial charge in [-0.15, -0.1) is 0 Å². The van der Waals surface area contributed by atoms with Crippen molar-refractivity contribution in [2.24, 2.45) is 0 Å². The summed E-state index contributed by atoms with van der Waals surface area (Å²) in [5, 5.41) is 34.8. The van der Waals surface area contributed by atoms with Gasteiger partial charge in [-0.1, -0.05) is 164 Å². The number of benzene rings is 15. The van der Waals surface area contributed by atoms with E-state index >= 15 is 13.2 Å². The minimum atomic E-state index is -4.84. The lowest BCUT2D eigenvalue weighted by molar-refractivity contribution is -0.137. The molecule has 486 valence electrons. The molecule has 6 aromatic heterocycles. The van der Waals surface area contributed by atoms with E-state index in [0.29, 0.717) is 28.1 Å². The summed E-state index contributed by atoms with van der Waals surface area (Å²) in [4.78, 5) is 0. The van der Waals surface area contributed by atoms with Gasteiger partial charge in [0.05, 0.1) is 106 Å². The Kier molecular flexibility index (Phi) is 12.5. The van der Waals surface area contributed by atoms with Crippen molar-refractivity contribution in [3.8, 4) is 68.5 Å². The van der Waals surface area contributed by atoms with Gasteiger partial charge >= 0.3 is 6.18 Å². The van der Waals surface area contributed by atoms with Gasteiger partial charge in [0, 0.05) is 98.5 Å². The number of aromatic nitrogens is 6. The zero-order valence-corrected chi connectivity index (χ0v) is 55.3. The molecule has 0 atom stereocenters. The molecule has 6 heterocycles. The quantitative estimate of drug-likeness (QED) is 0.152. The topological polar surface area (TPSA) is 77.2 Å². The molecule has 0 unspecified atom stereocenters. The van der Waals surface area contributed by atoms with Crippen molar-refractivity contribution in [3.63, 3.8) is 0 Å². The zero-order chi connectivity index (χ0) is 69.2. The third-order valence-corrected chi connectivity index (χ3v) is 21.5. The Labute approximate surface area is 591 Å². The molecule has 15 aromatic carbocycles. The molecular formula is C93H53F3N8. The maximum absolute atomic E-state index is 15.8. The molecule has 0 aliphatic rings. The van der Waals surface area contributed by atoms with Crippen molar-refractivity contribution in [3.05, 3.63) is 338 Å². The highest BCUT2D eigenvalue weighted by Gasteiger charge is 2.35. The molecule has 104 heavy (non-hydrogen) atoms. The summed E-state index contributed by atoms with van der Waals surface area (Å²) in [6.45, 7) is 0. The van der Waals surface area contributed by atoms with Crippen LogP contribution in [0.2, 0.25) is 0 Å². The molecule has 0 radical (unpaired) electrons. The summed E-state index contributed by atoms with van der Waals surface area (Å²) >= 11 is 0. The third-order valence-electron chi connectivity index (χ3n) is 21.5. The van der Waals surface area contributed by atoms with Crippen molar-refractivity contribution in [2.45, 2.75) is 6.18 Å². The van der Waals surface area contributed by atoms with E-state index in [1.54, 1.807) is 12.1 Å². The highest BCUT2D eigenvalue weighted by molar-refractivity contribution is 6.17. The second kappa shape index (κ2) is 22.2. The van der Waals surface area contributed by atoms with Crippen LogP contribution in [0.5, 0.6) is 0 Å². The Balaban J connectivity index is 0.871. The molecule has 0 bridgehead atoms. The van der Waals surface area contributed by atoms with Crippen molar-refractivity contribution in [2.75, 3.05) is 0 Å². The van der Waals surface area contributed by atoms with E-state index in [1.165, 1.54) is 12.1 Å². The van der Waals surface area contributed by atoms with Gasteiger partial charge in [0.1, 0.15) is 0 Å². The van der Waals surface area contributed by atoms with Crippen LogP contribution in [-0.4, -0.2) is 27.4 Å². The van der Waals surface area contributed by atoms with Crippen molar-refractivity contribution >= 4 is 131 Å². The smallest absolute Gasteiger partial charge is 0.309 e. The number of halogens is 3. The van der Waals surface area contributed by atoms with Crippen LogP contribution in [-0.2, 0) is 6.18 Å². The lowest BCUT2D eigenvalue weighted by atomic mass is 9.90. The van der Waals surface area contributed by atoms with Gasteiger partial charge in [0.2, 0.25) is 0 Å². The Hall–Kier alpha value is -14.1. The van der Waals surface area contributed by atoms with Crippen LogP contribution in [0.25, 0.3) is 187 Å². The molecule has 0 saturated carbocycles. The Morgan fingerprint density at radius 3 is 0.875 bits per heavy atom. The Morgan fingerprint density at radius 1 is 0.240 bits per heavy atom. The van der Waals surface area contributed by atoms with Crippen molar-refractivity contribution in [1.82, 2.24) is 27.4 Å². The normalized spacial score (nSPS) is 12.2. The van der Waals surface area contributed by atoms with E-state index in [0.717, 1.165) is 160 Å². The fraction of sp³-hybridized carbons (Fsp3) is 0.0108. The van der Waals surface area contributed by atoms with Crippen LogP contribution in [0.1, 0.15) is 16.7 Å². The predicted molar refractivity (Wildman–Crippen MR) is 418 cm³/mol. The molecule has 0 aliphatic heterocycles. The second-order valence-electron chi connectivity index (χ2n) is 26.9. The molecule has 0 amide bonds. The lowest BCUT2D eigenvalue weighted by Crippen LogP contribution is -2.08. The number of rotatable bonds is 8. The monoisotopic (exact) mass is 1340 g/mol. The van der Waals surface area contributed by atoms with E-state index in [9.17, 15) is 10.5 Å². The maximum Gasteiger partial charge on any atom is 0.417 e. The summed E-state index contributed by atoms with van der Waals surface area (Å²) in [5.74, 6) is 0. The third kappa shape index (κ3) is 8.47. The van der Waals surface area contributed by atoms with Gasteiger partial charge in [-0.25, -0.2) is 0 Å². The summed E-state index contributed by atoms with van der Waals surface area (Å²) in [7, 11) is 0. The highest BCUT2D eigenvalue weighted by Crippen LogP contribution is 2.49. The SMILES string of the molecule is N#Cc1ccc(-c2ccc(-n3c4ccc(-n5c6ccccc6c6ccccc65)cc4c4cc(-n5c6ccccc6c6ccccc65)ccc43)c(-c3c(C#N)cccc3-n3c4ccc(-n5c6ccccc6c6ccccc65)cc4c4cc(-n5c6ccccc6c6ccccc65)ccc43)c2)c(C(F)(F)F)c1. The first-order valence-corrected chi connectivity index (χ1v) is 34.6. The van der Waals surface area contributed by atoms with E-state index in [-0.39, 0.29) is 16.7 Å². The second-order valence-corrected chi connectivity index (χ2v) is 26.9. The van der Waals surface area contributed by atoms with Crippen LogP contribution in [0, 0.1) is 22.7 Å². The zero-order valence-electron chi connectivity index (χ0n) is 55.3. The van der Waals surface area contributed by atoms with Crippen LogP contribution >= 0.6 is 0 Å². The number of alkyl halides is 3. The minimum absolute atomic E-state index is 0.110. The van der Waals surface area contributed by atoms with Crippen LogP contribution in [0.4, 0.5) is 13.2 Å². The molecule has 0 fully saturated rings. The van der Waals surface area contributed by atoms with E-state index in [1.807, 2.05) is 30.3 Å². The van der Waals surface area contributed by atoms with Gasteiger partial charge in [0.15, 0.2) is 0 Å². The molecule has 11 heteroatoms. The Bertz CT molecular complexity index is 6840. The number of nitriles is 2. The largest absolute Gasteiger partial charge is 0.417 e. The van der Waals surface area contributed by atoms with Crippen LogP contribution in [0.3, 0.4) is 0 Å². The van der Waals surface area contributed by atoms with E-state index < -0.39 is 11.7 Å². The summed E-state index contributed by atoms with van der Waals surface area (Å²) in [6.07, 6.45) is -4.84. The standard InChI is InChI=1S/C93H53F3N8/c94-93(95,96)77-48-56(54-97)36-42-63(77)57-37-43-90(103-86-44-38-59(99-78-27-9-1-19-64(78)65-20-2-10-28-79(65)99)50-72(86)73-51-60(39-45-87(73)103)100-80-29-11-3-21-66(80)67-22-4-12-30-81(67)100)76(49-57)92-58(55-98)18-17-35-91(92)104-88-46-40-61(101-82-31-13-5-23-68(82)69-24-6-14-32-83(69)101)52-74(88)75-53-62(41-47-89(75)104)102-84-33-15-7-25-70(84)71-26-8-16-34-85(71)102/h1-53H. The highest BCUT2D eigenvalue weighted by atomic mass is 19.4. The summed E-state index contributed by atoms with van der Waals surface area (Å²) in [6, 6.07) is 114. The van der Waals surface area contributed by atoms with Gasteiger partial charge in [0.25, 0.3) is 0 Å². The molecule has 21 rings (SSSR count). The van der Waals surface area contributed by atoms with Gasteiger partial charge in [-0.3, -0.25) is 0 Å². The first kappa shape index (κ1) is 58.8. The molecular weight excluding hydrogens is 1290 g/mol. The molecule has 8 nitrogen and oxygen atoms in total. The predicted octanol–water partition coefficient (Wildman–Crippen LogP) is 24.4. The summed E-state index contributed by atoms with van der Waals surface area (Å²) < 4.78 is 61.1. The van der Waals surface area contributed by atoms with Gasteiger partial charge in [-0.05, 0) is 169 Å². The summed E-state index contributed by atoms with van der Waals surface area (Å²) in [5.41, 5.74) is 17.2. The first-order chi connectivity index (χ1) is 51.2.